The lowest BCUT2D eigenvalue weighted by Gasteiger charge is -2.29. The smallest absolute Gasteiger partial charge is 0.207 e. The highest BCUT2D eigenvalue weighted by Gasteiger charge is 2.42. The number of benzene rings is 2. The molecule has 0 aromatic heterocycles. The summed E-state index contributed by atoms with van der Waals surface area (Å²) >= 11 is 10.6. The molecule has 2 aromatic rings. The van der Waals surface area contributed by atoms with Gasteiger partial charge in [0.2, 0.25) is 10.0 Å². The summed E-state index contributed by atoms with van der Waals surface area (Å²) in [7, 11) is -3.83. The van der Waals surface area contributed by atoms with E-state index in [2.05, 4.69) is 16.8 Å². The van der Waals surface area contributed by atoms with Gasteiger partial charge in [-0.15, -0.1) is 0 Å². The van der Waals surface area contributed by atoms with Gasteiger partial charge in [0.05, 0.1) is 21.2 Å². The molecular formula is C18H16ClF3N2O2S2. The zero-order valence-corrected chi connectivity index (χ0v) is 17.5. The second kappa shape index (κ2) is 6.76. The first-order valence-corrected chi connectivity index (χ1v) is 10.4. The number of nitrogens with zero attached hydrogens (tertiary/aromatic N) is 2. The Morgan fingerprint density at radius 2 is 1.79 bits per heavy atom. The number of halogens is 4. The Morgan fingerprint density at radius 3 is 2.32 bits per heavy atom. The van der Waals surface area contributed by atoms with Crippen molar-refractivity contribution < 1.29 is 21.6 Å². The predicted octanol–water partition coefficient (Wildman–Crippen LogP) is 5.69. The van der Waals surface area contributed by atoms with Crippen LogP contribution in [-0.4, -0.2) is 18.3 Å². The van der Waals surface area contributed by atoms with E-state index in [-0.39, 0.29) is 33.3 Å². The molecule has 3 rings (SSSR count). The van der Waals surface area contributed by atoms with Gasteiger partial charge >= 0.3 is 6.18 Å². The van der Waals surface area contributed by atoms with E-state index in [0.29, 0.717) is 5.56 Å². The minimum Gasteiger partial charge on any atom is -0.207 e. The molecule has 0 radical (unpaired) electrons. The second-order valence-electron chi connectivity index (χ2n) is 7.44. The van der Waals surface area contributed by atoms with Gasteiger partial charge in [-0.2, -0.15) is 21.8 Å². The summed E-state index contributed by atoms with van der Waals surface area (Å²) < 4.78 is 71.4. The van der Waals surface area contributed by atoms with E-state index in [4.69, 9.17) is 11.6 Å². The van der Waals surface area contributed by atoms with Gasteiger partial charge in [0, 0.05) is 30.1 Å². The van der Waals surface area contributed by atoms with Crippen molar-refractivity contribution in [3.05, 3.63) is 46.5 Å². The van der Waals surface area contributed by atoms with Crippen molar-refractivity contribution in [3.8, 4) is 11.1 Å². The Balaban J connectivity index is 2.24. The van der Waals surface area contributed by atoms with Gasteiger partial charge in [-0.1, -0.05) is 23.7 Å². The molecule has 1 aliphatic rings. The molecule has 0 saturated heterocycles. The topological polar surface area (TPSA) is 49.7 Å². The van der Waals surface area contributed by atoms with Crippen LogP contribution in [-0.2, 0) is 35.2 Å². The third-order valence-corrected chi connectivity index (χ3v) is 7.17. The SMILES string of the molecule is CC(C)(C)N1Cc2ccc(-c3c(Cl)cc(N=S)cc3C(F)(F)F)cc2S1(=O)=O. The van der Waals surface area contributed by atoms with Gasteiger partial charge in [-0.25, -0.2) is 8.42 Å². The zero-order valence-electron chi connectivity index (χ0n) is 15.1. The van der Waals surface area contributed by atoms with E-state index >= 15 is 0 Å². The van der Waals surface area contributed by atoms with Crippen molar-refractivity contribution in [3.63, 3.8) is 0 Å². The molecule has 0 spiro atoms. The quantitative estimate of drug-likeness (QED) is 0.593. The van der Waals surface area contributed by atoms with Crippen LogP contribution in [0.5, 0.6) is 0 Å². The zero-order chi connectivity index (χ0) is 21.1. The van der Waals surface area contributed by atoms with E-state index in [1.807, 2.05) is 0 Å². The minimum absolute atomic E-state index is 0.0128. The maximum Gasteiger partial charge on any atom is 0.417 e. The lowest BCUT2D eigenvalue weighted by atomic mass is 9.97. The molecule has 1 aliphatic heterocycles. The number of hydrogen-bond acceptors (Lipinski definition) is 4. The Morgan fingerprint density at radius 1 is 1.14 bits per heavy atom. The average molecular weight is 449 g/mol. The monoisotopic (exact) mass is 448 g/mol. The summed E-state index contributed by atoms with van der Waals surface area (Å²) in [6, 6.07) is 6.24. The van der Waals surface area contributed by atoms with E-state index in [1.54, 1.807) is 20.8 Å². The number of alkyl halides is 3. The molecule has 28 heavy (non-hydrogen) atoms. The van der Waals surface area contributed by atoms with E-state index in [0.717, 1.165) is 6.07 Å². The summed E-state index contributed by atoms with van der Waals surface area (Å²) in [5, 5.41) is -0.207. The predicted molar refractivity (Wildman–Crippen MR) is 104 cm³/mol. The highest BCUT2D eigenvalue weighted by molar-refractivity contribution is 7.89. The fourth-order valence-electron chi connectivity index (χ4n) is 3.20. The van der Waals surface area contributed by atoms with E-state index in [9.17, 15) is 21.6 Å². The van der Waals surface area contributed by atoms with Crippen LogP contribution in [0, 0.1) is 0 Å². The largest absolute Gasteiger partial charge is 0.417 e. The summed E-state index contributed by atoms with van der Waals surface area (Å²) in [6.07, 6.45) is -4.72. The molecule has 1 heterocycles. The molecule has 150 valence electrons. The van der Waals surface area contributed by atoms with Crippen LogP contribution in [0.25, 0.3) is 11.1 Å². The van der Waals surface area contributed by atoms with Crippen molar-refractivity contribution in [2.75, 3.05) is 0 Å². The standard InChI is InChI=1S/C18H16ClF3N2O2S2/c1-17(2,3)24-9-11-5-4-10(6-15(11)28(24,25)26)16-13(18(20,21)22)7-12(23-27)8-14(16)19/h4-8H,9H2,1-3H3. The summed E-state index contributed by atoms with van der Waals surface area (Å²) in [4.78, 5) is -0.0128. The molecule has 0 fully saturated rings. The van der Waals surface area contributed by atoms with Crippen molar-refractivity contribution in [1.29, 1.82) is 0 Å². The first-order chi connectivity index (χ1) is 12.8. The third kappa shape index (κ3) is 3.56. The molecule has 0 bridgehead atoms. The Labute approximate surface area is 171 Å². The van der Waals surface area contributed by atoms with E-state index < -0.39 is 27.3 Å². The summed E-state index contributed by atoms with van der Waals surface area (Å²) in [5.41, 5.74) is -1.50. The van der Waals surface area contributed by atoms with Crippen molar-refractivity contribution in [2.45, 2.75) is 43.9 Å². The molecule has 0 atom stereocenters. The molecule has 10 heteroatoms. The van der Waals surface area contributed by atoms with Crippen LogP contribution in [0.15, 0.2) is 39.6 Å². The number of sulfonamides is 1. The maximum atomic E-state index is 13.6. The van der Waals surface area contributed by atoms with Crippen LogP contribution in [0.4, 0.5) is 18.9 Å². The van der Waals surface area contributed by atoms with Crippen molar-refractivity contribution in [2.24, 2.45) is 4.36 Å². The summed E-state index contributed by atoms with van der Waals surface area (Å²) in [6.45, 7) is 5.43. The number of hydrogen-bond donors (Lipinski definition) is 0. The normalized spacial score (nSPS) is 16.8. The van der Waals surface area contributed by atoms with Gasteiger partial charge in [0.25, 0.3) is 0 Å². The van der Waals surface area contributed by atoms with Gasteiger partial charge < -0.3 is 0 Å². The minimum atomic E-state index is -4.72. The molecule has 0 N–H and O–H groups in total. The van der Waals surface area contributed by atoms with Crippen LogP contribution >= 0.6 is 11.6 Å². The number of fused-ring (bicyclic) bond motifs is 1. The average Bonchev–Trinajstić information content (AvgIpc) is 2.84. The molecule has 0 amide bonds. The third-order valence-electron chi connectivity index (χ3n) is 4.47. The number of rotatable bonds is 2. The molecule has 0 saturated carbocycles. The van der Waals surface area contributed by atoms with Crippen LogP contribution in [0.3, 0.4) is 0 Å². The van der Waals surface area contributed by atoms with Crippen molar-refractivity contribution >= 4 is 39.7 Å². The van der Waals surface area contributed by atoms with Gasteiger partial charge in [-0.3, -0.25) is 0 Å². The fourth-order valence-corrected chi connectivity index (χ4v) is 5.63. The molecule has 0 aliphatic carbocycles. The lowest BCUT2D eigenvalue weighted by molar-refractivity contribution is -0.137. The van der Waals surface area contributed by atoms with Gasteiger partial charge in [0.1, 0.15) is 0 Å². The second-order valence-corrected chi connectivity index (χ2v) is 9.86. The van der Waals surface area contributed by atoms with Gasteiger partial charge in [-0.05, 0) is 50.1 Å². The van der Waals surface area contributed by atoms with Crippen LogP contribution in [0.1, 0.15) is 31.9 Å². The van der Waals surface area contributed by atoms with E-state index in [1.165, 1.54) is 28.6 Å². The highest BCUT2D eigenvalue weighted by atomic mass is 35.5. The van der Waals surface area contributed by atoms with Crippen LogP contribution < -0.4 is 0 Å². The molecule has 2 aromatic carbocycles. The fraction of sp³-hybridized carbons (Fsp3) is 0.333. The molecule has 0 unspecified atom stereocenters. The Kier molecular flexibility index (Phi) is 5.11. The lowest BCUT2D eigenvalue weighted by Crippen LogP contribution is -2.41. The summed E-state index contributed by atoms with van der Waals surface area (Å²) in [5.74, 6) is 0. The van der Waals surface area contributed by atoms with Crippen LogP contribution in [0.2, 0.25) is 5.02 Å². The first-order valence-electron chi connectivity index (χ1n) is 8.17. The Bertz CT molecular complexity index is 1080. The Hall–Kier alpha value is -1.55. The molecule has 4 nitrogen and oxygen atoms in total. The van der Waals surface area contributed by atoms with Gasteiger partial charge in [0.15, 0.2) is 0 Å². The maximum absolute atomic E-state index is 13.6. The highest BCUT2D eigenvalue weighted by Crippen LogP contribution is 2.45. The first kappa shape index (κ1) is 21.2. The van der Waals surface area contributed by atoms with Crippen molar-refractivity contribution in [1.82, 2.24) is 4.31 Å². The molecular weight excluding hydrogens is 433 g/mol.